The number of aliphatic imine (C=N–C) groups is 1. The van der Waals surface area contributed by atoms with Crippen LogP contribution in [-0.4, -0.2) is 53.2 Å². The Morgan fingerprint density at radius 1 is 1.38 bits per heavy atom. The van der Waals surface area contributed by atoms with Gasteiger partial charge in [-0.05, 0) is 39.5 Å². The van der Waals surface area contributed by atoms with E-state index in [2.05, 4.69) is 4.99 Å². The summed E-state index contributed by atoms with van der Waals surface area (Å²) in [6.45, 7) is 9.25. The average molecular weight is 350 g/mol. The van der Waals surface area contributed by atoms with Gasteiger partial charge in [0, 0.05) is 29.6 Å². The van der Waals surface area contributed by atoms with Gasteiger partial charge in [0.15, 0.2) is 5.70 Å². The number of hydrogen-bond donors (Lipinski definition) is 0. The number of fused-ring (bicyclic) bond motifs is 6. The molecule has 4 atom stereocenters. The summed E-state index contributed by atoms with van der Waals surface area (Å²) >= 11 is 1.67. The third-order valence-corrected chi connectivity index (χ3v) is 6.42. The highest BCUT2D eigenvalue weighted by molar-refractivity contribution is 8.04. The van der Waals surface area contributed by atoms with E-state index < -0.39 is 5.60 Å². The molecule has 4 aliphatic rings. The molecule has 2 aliphatic carbocycles. The molecule has 0 aromatic heterocycles. The molecular weight excluding hydrogens is 328 g/mol. The molecule has 2 saturated carbocycles. The second-order valence-electron chi connectivity index (χ2n) is 7.77. The number of esters is 1. The molecule has 1 saturated heterocycles. The van der Waals surface area contributed by atoms with E-state index in [1.165, 1.54) is 0 Å². The van der Waals surface area contributed by atoms with Gasteiger partial charge >= 0.3 is 12.1 Å². The first-order valence-electron chi connectivity index (χ1n) is 8.38. The molecule has 6 nitrogen and oxygen atoms in total. The molecule has 130 valence electrons. The number of amides is 1. The summed E-state index contributed by atoms with van der Waals surface area (Å²) in [6, 6.07) is 0. The molecule has 1 amide bonds. The van der Waals surface area contributed by atoms with Gasteiger partial charge in [-0.25, -0.2) is 14.6 Å². The fourth-order valence-corrected chi connectivity index (χ4v) is 5.58. The Kier molecular flexibility index (Phi) is 3.33. The molecule has 0 aromatic rings. The Morgan fingerprint density at radius 2 is 2.04 bits per heavy atom. The van der Waals surface area contributed by atoms with Crippen LogP contribution in [0.15, 0.2) is 16.1 Å². The van der Waals surface area contributed by atoms with Gasteiger partial charge in [0.25, 0.3) is 0 Å². The number of carbonyl (C=O) groups is 2. The highest BCUT2D eigenvalue weighted by atomic mass is 32.2. The number of likely N-dealkylation sites (tertiary alicyclic amines) is 1. The van der Waals surface area contributed by atoms with E-state index in [9.17, 15) is 9.59 Å². The van der Waals surface area contributed by atoms with E-state index in [-0.39, 0.29) is 17.5 Å². The molecule has 24 heavy (non-hydrogen) atoms. The Morgan fingerprint density at radius 3 is 2.62 bits per heavy atom. The van der Waals surface area contributed by atoms with Gasteiger partial charge in [-0.1, -0.05) is 0 Å². The highest BCUT2D eigenvalue weighted by Crippen LogP contribution is 2.78. The Hall–Kier alpha value is -1.50. The lowest BCUT2D eigenvalue weighted by Crippen LogP contribution is -2.37. The fraction of sp³-hybridized carbons (Fsp3) is 0.706. The summed E-state index contributed by atoms with van der Waals surface area (Å²) in [5.74, 6) is 0.562. The lowest BCUT2D eigenvalue weighted by molar-refractivity contribution is -0.138. The van der Waals surface area contributed by atoms with Gasteiger partial charge < -0.3 is 14.4 Å². The molecule has 0 aromatic carbocycles. The summed E-state index contributed by atoms with van der Waals surface area (Å²) in [4.78, 5) is 30.4. The molecule has 3 unspecified atom stereocenters. The average Bonchev–Trinajstić information content (AvgIpc) is 3.25. The number of thioether (sulfide) groups is 1. The van der Waals surface area contributed by atoms with Crippen LogP contribution < -0.4 is 0 Å². The fourth-order valence-electron chi connectivity index (χ4n) is 4.15. The minimum atomic E-state index is -0.465. The summed E-state index contributed by atoms with van der Waals surface area (Å²) in [7, 11) is 0. The first kappa shape index (κ1) is 16.0. The van der Waals surface area contributed by atoms with Crippen LogP contribution in [0, 0.1) is 17.3 Å². The van der Waals surface area contributed by atoms with Crippen molar-refractivity contribution in [3.8, 4) is 0 Å². The lowest BCUT2D eigenvalue weighted by atomic mass is 10.2. The first-order valence-corrected chi connectivity index (χ1v) is 9.33. The topological polar surface area (TPSA) is 68.2 Å². The SMILES string of the molecule is CCOC(=O)C1=CSC2C(=N1)C21C2CN(C(=O)OC(C)(C)C)C[C@@H]21. The smallest absolute Gasteiger partial charge is 0.410 e. The van der Waals surface area contributed by atoms with Crippen LogP contribution in [0.1, 0.15) is 27.7 Å². The monoisotopic (exact) mass is 350 g/mol. The number of hydrogen-bond acceptors (Lipinski definition) is 6. The van der Waals surface area contributed by atoms with Crippen molar-refractivity contribution in [2.24, 2.45) is 22.2 Å². The van der Waals surface area contributed by atoms with Gasteiger partial charge in [-0.2, -0.15) is 0 Å². The van der Waals surface area contributed by atoms with E-state index in [1.807, 2.05) is 26.2 Å². The maximum Gasteiger partial charge on any atom is 0.410 e. The summed E-state index contributed by atoms with van der Waals surface area (Å²) < 4.78 is 10.5. The summed E-state index contributed by atoms with van der Waals surface area (Å²) in [5.41, 5.74) is 1.19. The van der Waals surface area contributed by atoms with Gasteiger partial charge in [0.1, 0.15) is 5.60 Å². The van der Waals surface area contributed by atoms with Crippen molar-refractivity contribution in [2.45, 2.75) is 38.5 Å². The van der Waals surface area contributed by atoms with E-state index in [1.54, 1.807) is 23.6 Å². The molecule has 1 spiro atoms. The molecule has 3 fully saturated rings. The number of rotatable bonds is 2. The van der Waals surface area contributed by atoms with Crippen LogP contribution >= 0.6 is 11.8 Å². The number of ether oxygens (including phenoxy) is 2. The van der Waals surface area contributed by atoms with Crippen LogP contribution in [0.5, 0.6) is 0 Å². The minimum absolute atomic E-state index is 0.119. The molecule has 7 heteroatoms. The maximum absolute atomic E-state index is 12.2. The molecule has 0 N–H and O–H groups in total. The van der Waals surface area contributed by atoms with Crippen LogP contribution in [-0.2, 0) is 14.3 Å². The molecule has 4 rings (SSSR count). The zero-order valence-corrected chi connectivity index (χ0v) is 15.2. The Bertz CT molecular complexity index is 667. The zero-order chi connectivity index (χ0) is 17.3. The van der Waals surface area contributed by atoms with Crippen molar-refractivity contribution in [3.63, 3.8) is 0 Å². The van der Waals surface area contributed by atoms with Crippen molar-refractivity contribution in [3.05, 3.63) is 11.1 Å². The standard InChI is InChI=1S/C17H22N2O4S/c1-5-22-14(20)11-8-24-13-12(18-11)17(13)9-6-19(7-10(9)17)15(21)23-16(2,3)4/h8-10,13H,5-7H2,1-4H3/t9-,10?,13?,17?/m0/s1. The Balaban J connectivity index is 1.39. The van der Waals surface area contributed by atoms with Gasteiger partial charge in [0.2, 0.25) is 0 Å². The second-order valence-corrected chi connectivity index (χ2v) is 8.75. The summed E-state index contributed by atoms with van der Waals surface area (Å²) in [6.07, 6.45) is -0.228. The predicted octanol–water partition coefficient (Wildman–Crippen LogP) is 2.44. The quantitative estimate of drug-likeness (QED) is 0.716. The molecule has 0 bridgehead atoms. The molecule has 2 aliphatic heterocycles. The van der Waals surface area contributed by atoms with Crippen molar-refractivity contribution in [2.75, 3.05) is 19.7 Å². The summed E-state index contributed by atoms with van der Waals surface area (Å²) in [5, 5.41) is 2.20. The third kappa shape index (κ3) is 2.20. The molecule has 0 radical (unpaired) electrons. The second kappa shape index (κ2) is 5.00. The number of carbonyl (C=O) groups excluding carboxylic acids is 2. The normalized spacial score (nSPS) is 35.7. The lowest BCUT2D eigenvalue weighted by Gasteiger charge is -2.25. The highest BCUT2D eigenvalue weighted by Gasteiger charge is 2.85. The van der Waals surface area contributed by atoms with Crippen LogP contribution in [0.2, 0.25) is 0 Å². The first-order chi connectivity index (χ1) is 11.3. The van der Waals surface area contributed by atoms with Crippen molar-refractivity contribution >= 4 is 29.5 Å². The molecular formula is C17H22N2O4S. The van der Waals surface area contributed by atoms with Crippen LogP contribution in [0.4, 0.5) is 4.79 Å². The van der Waals surface area contributed by atoms with Crippen molar-refractivity contribution in [1.29, 1.82) is 0 Å². The van der Waals surface area contributed by atoms with E-state index in [0.29, 0.717) is 29.4 Å². The molecule has 2 heterocycles. The van der Waals surface area contributed by atoms with E-state index in [0.717, 1.165) is 18.8 Å². The van der Waals surface area contributed by atoms with E-state index >= 15 is 0 Å². The van der Waals surface area contributed by atoms with Crippen molar-refractivity contribution in [1.82, 2.24) is 4.90 Å². The third-order valence-electron chi connectivity index (χ3n) is 5.17. The van der Waals surface area contributed by atoms with Crippen LogP contribution in [0.3, 0.4) is 0 Å². The van der Waals surface area contributed by atoms with E-state index in [4.69, 9.17) is 9.47 Å². The van der Waals surface area contributed by atoms with Crippen molar-refractivity contribution < 1.29 is 19.1 Å². The minimum Gasteiger partial charge on any atom is -0.461 e. The zero-order valence-electron chi connectivity index (χ0n) is 14.4. The predicted molar refractivity (Wildman–Crippen MR) is 90.8 cm³/mol. The number of nitrogens with zero attached hydrogens (tertiary/aromatic N) is 2. The van der Waals surface area contributed by atoms with Gasteiger partial charge in [-0.3, -0.25) is 0 Å². The maximum atomic E-state index is 12.2. The largest absolute Gasteiger partial charge is 0.461 e. The van der Waals surface area contributed by atoms with Gasteiger partial charge in [0.05, 0.1) is 11.9 Å². The van der Waals surface area contributed by atoms with Crippen LogP contribution in [0.25, 0.3) is 0 Å². The van der Waals surface area contributed by atoms with Gasteiger partial charge in [-0.15, -0.1) is 11.8 Å². The number of piperidine rings is 1. The Labute approximate surface area is 145 Å².